The first-order chi connectivity index (χ1) is 13.9. The van der Waals surface area contributed by atoms with E-state index in [1.165, 1.54) is 5.56 Å². The molecule has 0 spiro atoms. The molecule has 5 rings (SSSR count). The van der Waals surface area contributed by atoms with E-state index in [1.807, 2.05) is 22.7 Å². The van der Waals surface area contributed by atoms with Gasteiger partial charge in [0.2, 0.25) is 0 Å². The number of piperazine rings is 1. The van der Waals surface area contributed by atoms with Crippen LogP contribution < -0.4 is 4.90 Å². The molecule has 0 saturated carbocycles. The highest BCUT2D eigenvalue weighted by molar-refractivity contribution is 5.65. The van der Waals surface area contributed by atoms with Gasteiger partial charge in [0.15, 0.2) is 0 Å². The SMILES string of the molecule is c1ccc(CN2CCN(c3cc(-c4ccccc4)nc4ncnn34)CC2)cc1. The van der Waals surface area contributed by atoms with Crippen molar-refractivity contribution in [1.29, 1.82) is 0 Å². The third-order valence-electron chi connectivity index (χ3n) is 5.25. The van der Waals surface area contributed by atoms with Gasteiger partial charge in [-0.15, -0.1) is 0 Å². The summed E-state index contributed by atoms with van der Waals surface area (Å²) in [5.74, 6) is 1.70. The van der Waals surface area contributed by atoms with Gasteiger partial charge in [-0.05, 0) is 5.56 Å². The van der Waals surface area contributed by atoms with Crippen molar-refractivity contribution < 1.29 is 0 Å². The fourth-order valence-corrected chi connectivity index (χ4v) is 3.76. The summed E-state index contributed by atoms with van der Waals surface area (Å²) >= 11 is 0. The zero-order valence-corrected chi connectivity index (χ0v) is 15.6. The molecule has 0 aliphatic carbocycles. The lowest BCUT2D eigenvalue weighted by Gasteiger charge is -2.36. The number of hydrogen-bond acceptors (Lipinski definition) is 5. The number of nitrogens with zero attached hydrogens (tertiary/aromatic N) is 6. The summed E-state index contributed by atoms with van der Waals surface area (Å²) in [6.45, 7) is 4.96. The molecule has 6 nitrogen and oxygen atoms in total. The number of anilines is 1. The molecule has 1 aliphatic heterocycles. The first kappa shape index (κ1) is 16.9. The van der Waals surface area contributed by atoms with Crippen LogP contribution in [0.2, 0.25) is 0 Å². The topological polar surface area (TPSA) is 49.6 Å². The van der Waals surface area contributed by atoms with Gasteiger partial charge in [0.05, 0.1) is 5.69 Å². The molecule has 1 saturated heterocycles. The summed E-state index contributed by atoms with van der Waals surface area (Å²) in [4.78, 5) is 13.9. The minimum atomic E-state index is 0.642. The van der Waals surface area contributed by atoms with E-state index >= 15 is 0 Å². The molecule has 3 heterocycles. The largest absolute Gasteiger partial charge is 0.354 e. The average molecular weight is 370 g/mol. The van der Waals surface area contributed by atoms with Gasteiger partial charge in [0.25, 0.3) is 5.78 Å². The Morgan fingerprint density at radius 1 is 0.821 bits per heavy atom. The van der Waals surface area contributed by atoms with Crippen LogP contribution in [0.25, 0.3) is 17.0 Å². The highest BCUT2D eigenvalue weighted by atomic mass is 15.4. The Morgan fingerprint density at radius 3 is 2.29 bits per heavy atom. The second-order valence-corrected chi connectivity index (χ2v) is 7.09. The van der Waals surface area contributed by atoms with Crippen molar-refractivity contribution in [3.05, 3.63) is 78.6 Å². The fourth-order valence-electron chi connectivity index (χ4n) is 3.76. The van der Waals surface area contributed by atoms with Crippen molar-refractivity contribution in [2.45, 2.75) is 6.54 Å². The molecule has 2 aromatic carbocycles. The third kappa shape index (κ3) is 3.34. The van der Waals surface area contributed by atoms with Crippen LogP contribution in [0.3, 0.4) is 0 Å². The van der Waals surface area contributed by atoms with Crippen LogP contribution in [0.15, 0.2) is 73.1 Å². The van der Waals surface area contributed by atoms with Crippen molar-refractivity contribution in [3.63, 3.8) is 0 Å². The molecule has 1 aliphatic rings. The molecule has 0 N–H and O–H groups in total. The molecule has 2 aromatic heterocycles. The van der Waals surface area contributed by atoms with Gasteiger partial charge in [0.1, 0.15) is 12.1 Å². The predicted octanol–water partition coefficient (Wildman–Crippen LogP) is 3.11. The summed E-state index contributed by atoms with van der Waals surface area (Å²) in [6, 6.07) is 23.0. The van der Waals surface area contributed by atoms with Gasteiger partial charge >= 0.3 is 0 Å². The van der Waals surface area contributed by atoms with Crippen LogP contribution in [0.5, 0.6) is 0 Å². The monoisotopic (exact) mass is 370 g/mol. The minimum absolute atomic E-state index is 0.642. The van der Waals surface area contributed by atoms with Gasteiger partial charge in [0, 0.05) is 44.4 Å². The van der Waals surface area contributed by atoms with Gasteiger partial charge in [-0.3, -0.25) is 4.90 Å². The Kier molecular flexibility index (Phi) is 4.47. The van der Waals surface area contributed by atoms with E-state index in [4.69, 9.17) is 0 Å². The summed E-state index contributed by atoms with van der Waals surface area (Å²) in [6.07, 6.45) is 1.58. The zero-order valence-electron chi connectivity index (χ0n) is 15.6. The van der Waals surface area contributed by atoms with Crippen molar-refractivity contribution in [2.75, 3.05) is 31.1 Å². The molecular weight excluding hydrogens is 348 g/mol. The van der Waals surface area contributed by atoms with E-state index in [2.05, 4.69) is 73.4 Å². The number of rotatable bonds is 4. The lowest BCUT2D eigenvalue weighted by Crippen LogP contribution is -2.46. The number of fused-ring (bicyclic) bond motifs is 1. The smallest absolute Gasteiger partial charge is 0.254 e. The number of aromatic nitrogens is 4. The van der Waals surface area contributed by atoms with E-state index in [9.17, 15) is 0 Å². The highest BCUT2D eigenvalue weighted by Gasteiger charge is 2.21. The lowest BCUT2D eigenvalue weighted by molar-refractivity contribution is 0.249. The molecule has 0 radical (unpaired) electrons. The fraction of sp³-hybridized carbons (Fsp3) is 0.227. The van der Waals surface area contributed by atoms with Crippen LogP contribution >= 0.6 is 0 Å². The second-order valence-electron chi connectivity index (χ2n) is 7.09. The number of benzene rings is 2. The number of hydrogen-bond donors (Lipinski definition) is 0. The Balaban J connectivity index is 1.38. The summed E-state index contributed by atoms with van der Waals surface area (Å²) in [5.41, 5.74) is 3.39. The second kappa shape index (κ2) is 7.40. The summed E-state index contributed by atoms with van der Waals surface area (Å²) in [5, 5.41) is 4.40. The minimum Gasteiger partial charge on any atom is -0.354 e. The van der Waals surface area contributed by atoms with Gasteiger partial charge < -0.3 is 4.90 Å². The van der Waals surface area contributed by atoms with E-state index < -0.39 is 0 Å². The highest BCUT2D eigenvalue weighted by Crippen LogP contribution is 2.24. The maximum absolute atomic E-state index is 4.68. The molecule has 6 heteroatoms. The Bertz CT molecular complexity index is 1050. The van der Waals surface area contributed by atoms with Crippen molar-refractivity contribution in [2.24, 2.45) is 0 Å². The zero-order chi connectivity index (χ0) is 18.8. The Labute approximate surface area is 164 Å². The Hall–Kier alpha value is -3.25. The molecule has 4 aromatic rings. The van der Waals surface area contributed by atoms with Crippen LogP contribution in [0.4, 0.5) is 5.82 Å². The lowest BCUT2D eigenvalue weighted by atomic mass is 10.1. The van der Waals surface area contributed by atoms with E-state index in [1.54, 1.807) is 6.33 Å². The van der Waals surface area contributed by atoms with Gasteiger partial charge in [-0.25, -0.2) is 4.98 Å². The quantitative estimate of drug-likeness (QED) is 0.552. The molecule has 1 fully saturated rings. The molecule has 140 valence electrons. The van der Waals surface area contributed by atoms with E-state index in [0.29, 0.717) is 5.78 Å². The maximum Gasteiger partial charge on any atom is 0.254 e. The molecule has 28 heavy (non-hydrogen) atoms. The molecule has 0 bridgehead atoms. The van der Waals surface area contributed by atoms with E-state index in [-0.39, 0.29) is 0 Å². The van der Waals surface area contributed by atoms with Crippen molar-refractivity contribution >= 4 is 11.6 Å². The van der Waals surface area contributed by atoms with Crippen molar-refractivity contribution in [3.8, 4) is 11.3 Å². The first-order valence-corrected chi connectivity index (χ1v) is 9.64. The first-order valence-electron chi connectivity index (χ1n) is 9.64. The standard InChI is InChI=1S/C22H22N6/c1-3-7-18(8-4-1)16-26-11-13-27(14-12-26)21-15-20(19-9-5-2-6-10-19)25-22-23-17-24-28(21)22/h1-10,15,17H,11-14,16H2. The summed E-state index contributed by atoms with van der Waals surface area (Å²) in [7, 11) is 0. The molecular formula is C22H22N6. The third-order valence-corrected chi connectivity index (χ3v) is 5.25. The molecule has 0 unspecified atom stereocenters. The van der Waals surface area contributed by atoms with Crippen LogP contribution in [0.1, 0.15) is 5.56 Å². The van der Waals surface area contributed by atoms with Crippen molar-refractivity contribution in [1.82, 2.24) is 24.5 Å². The van der Waals surface area contributed by atoms with Gasteiger partial charge in [-0.1, -0.05) is 60.7 Å². The normalized spacial score (nSPS) is 15.2. The molecule has 0 amide bonds. The summed E-state index contributed by atoms with van der Waals surface area (Å²) < 4.78 is 1.85. The maximum atomic E-state index is 4.68. The molecule has 0 atom stereocenters. The Morgan fingerprint density at radius 2 is 1.54 bits per heavy atom. The average Bonchev–Trinajstić information content (AvgIpc) is 3.24. The van der Waals surface area contributed by atoms with Crippen LogP contribution in [-0.4, -0.2) is 50.7 Å². The van der Waals surface area contributed by atoms with E-state index in [0.717, 1.165) is 49.8 Å². The van der Waals surface area contributed by atoms with Crippen LogP contribution in [0, 0.1) is 0 Å². The van der Waals surface area contributed by atoms with Gasteiger partial charge in [-0.2, -0.15) is 14.6 Å². The predicted molar refractivity (Wildman–Crippen MR) is 110 cm³/mol. The van der Waals surface area contributed by atoms with Crippen LogP contribution in [-0.2, 0) is 6.54 Å².